The third-order valence-electron chi connectivity index (χ3n) is 4.29. The second kappa shape index (κ2) is 10.0. The zero-order valence-electron chi connectivity index (χ0n) is 16.2. The van der Waals surface area contributed by atoms with E-state index in [2.05, 4.69) is 10.2 Å². The molecular formula is C16H19F5N5O5P. The van der Waals surface area contributed by atoms with Crippen molar-refractivity contribution in [1.82, 2.24) is 19.7 Å². The highest BCUT2D eigenvalue weighted by atomic mass is 31.2. The quantitative estimate of drug-likeness (QED) is 0.367. The van der Waals surface area contributed by atoms with Gasteiger partial charge < -0.3 is 29.9 Å². The summed E-state index contributed by atoms with van der Waals surface area (Å²) in [6, 6.07) is 2.21. The number of nitrogens with two attached hydrogens (primary N) is 1. The van der Waals surface area contributed by atoms with Crippen molar-refractivity contribution in [2.24, 2.45) is 5.73 Å². The molecule has 1 atom stereocenters. The first kappa shape index (κ1) is 25.8. The number of rotatable bonds is 4. The van der Waals surface area contributed by atoms with Gasteiger partial charge in [-0.2, -0.15) is 13.2 Å². The molecule has 1 amide bonds. The molecule has 2 heterocycles. The first-order valence-corrected chi connectivity index (χ1v) is 10.5. The van der Waals surface area contributed by atoms with E-state index in [1.807, 2.05) is 0 Å². The maximum Gasteiger partial charge on any atom is 0.466 e. The van der Waals surface area contributed by atoms with Gasteiger partial charge in [-0.25, -0.2) is 13.3 Å². The molecule has 0 aliphatic carbocycles. The number of carbonyl (C=O) groups excluding carboxylic acids is 1. The number of hydrogen-bond donors (Lipinski definition) is 4. The number of hydrogen-bond acceptors (Lipinski definition) is 5. The van der Waals surface area contributed by atoms with E-state index in [4.69, 9.17) is 25.0 Å². The van der Waals surface area contributed by atoms with Crippen LogP contribution in [0.3, 0.4) is 0 Å². The molecular weight excluding hydrogens is 468 g/mol. The van der Waals surface area contributed by atoms with Crippen molar-refractivity contribution in [3.05, 3.63) is 47.0 Å². The van der Waals surface area contributed by atoms with E-state index in [1.165, 1.54) is 4.90 Å². The lowest BCUT2D eigenvalue weighted by Gasteiger charge is -2.29. The Hall–Kier alpha value is -2.45. The molecule has 1 aliphatic rings. The molecule has 3 rings (SSSR count). The van der Waals surface area contributed by atoms with Gasteiger partial charge in [-0.15, -0.1) is 10.2 Å². The third-order valence-corrected chi connectivity index (χ3v) is 4.29. The number of amides is 1. The Balaban J connectivity index is 0.000000654. The van der Waals surface area contributed by atoms with Gasteiger partial charge in [-0.1, -0.05) is 0 Å². The number of fused-ring (bicyclic) bond motifs is 1. The second-order valence-electron chi connectivity index (χ2n) is 6.82. The van der Waals surface area contributed by atoms with Crippen LogP contribution in [0.1, 0.15) is 23.6 Å². The normalized spacial score (nSPS) is 15.0. The van der Waals surface area contributed by atoms with Crippen LogP contribution < -0.4 is 5.73 Å². The fourth-order valence-corrected chi connectivity index (χ4v) is 2.99. The van der Waals surface area contributed by atoms with Gasteiger partial charge in [0.1, 0.15) is 11.6 Å². The van der Waals surface area contributed by atoms with Crippen molar-refractivity contribution >= 4 is 13.7 Å². The van der Waals surface area contributed by atoms with Crippen LogP contribution in [0.2, 0.25) is 0 Å². The molecule has 5 N–H and O–H groups in total. The van der Waals surface area contributed by atoms with Crippen molar-refractivity contribution in [1.29, 1.82) is 0 Å². The van der Waals surface area contributed by atoms with Gasteiger partial charge in [-0.3, -0.25) is 4.79 Å². The lowest BCUT2D eigenvalue weighted by atomic mass is 10.0. The molecule has 0 radical (unpaired) electrons. The monoisotopic (exact) mass is 487 g/mol. The summed E-state index contributed by atoms with van der Waals surface area (Å²) >= 11 is 0. The van der Waals surface area contributed by atoms with Crippen molar-refractivity contribution < 1.29 is 46.0 Å². The second-order valence-corrected chi connectivity index (χ2v) is 7.85. The van der Waals surface area contributed by atoms with E-state index in [1.54, 1.807) is 0 Å². The molecule has 2 aromatic rings. The standard InChI is InChI=1S/C16H16F5N5O.H3O4P/c17-10-1-2-12(18)9(5-10)6-11(22)7-14(27)25-3-4-26-13(8-25)23-24-15(26)16(19,20)21;1-5(2,3)4/h1-2,5,11H,3-4,6-8,22H2;(H3,1,2,3,4). The van der Waals surface area contributed by atoms with Crippen molar-refractivity contribution in [3.8, 4) is 0 Å². The summed E-state index contributed by atoms with van der Waals surface area (Å²) in [7, 11) is -4.64. The van der Waals surface area contributed by atoms with Crippen LogP contribution >= 0.6 is 7.82 Å². The van der Waals surface area contributed by atoms with Gasteiger partial charge in [-0.05, 0) is 30.2 Å². The summed E-state index contributed by atoms with van der Waals surface area (Å²) in [5.41, 5.74) is 5.93. The van der Waals surface area contributed by atoms with E-state index in [0.717, 1.165) is 22.8 Å². The van der Waals surface area contributed by atoms with Crippen LogP contribution in [0.4, 0.5) is 22.0 Å². The highest BCUT2D eigenvalue weighted by molar-refractivity contribution is 7.45. The largest absolute Gasteiger partial charge is 0.466 e. The Morgan fingerprint density at radius 1 is 1.19 bits per heavy atom. The number of nitrogens with zero attached hydrogens (tertiary/aromatic N) is 4. The molecule has 0 saturated carbocycles. The molecule has 1 aromatic carbocycles. The number of carbonyl (C=O) groups is 1. The molecule has 1 unspecified atom stereocenters. The minimum absolute atomic E-state index is 0.0340. The minimum atomic E-state index is -4.64. The van der Waals surface area contributed by atoms with Gasteiger partial charge in [0.15, 0.2) is 5.82 Å². The van der Waals surface area contributed by atoms with Crippen molar-refractivity contribution in [3.63, 3.8) is 0 Å². The Bertz CT molecular complexity index is 1000. The van der Waals surface area contributed by atoms with Crippen LogP contribution in [0, 0.1) is 11.6 Å². The van der Waals surface area contributed by atoms with Crippen molar-refractivity contribution in [2.75, 3.05) is 6.54 Å². The van der Waals surface area contributed by atoms with Crippen LogP contribution in [0.25, 0.3) is 0 Å². The van der Waals surface area contributed by atoms with E-state index in [9.17, 15) is 26.7 Å². The predicted molar refractivity (Wildman–Crippen MR) is 97.4 cm³/mol. The maximum absolute atomic E-state index is 13.7. The smallest absolute Gasteiger partial charge is 0.333 e. The number of alkyl halides is 3. The van der Waals surface area contributed by atoms with Crippen LogP contribution in [-0.4, -0.2) is 52.8 Å². The van der Waals surface area contributed by atoms with E-state index in [-0.39, 0.29) is 43.9 Å². The van der Waals surface area contributed by atoms with E-state index >= 15 is 0 Å². The molecule has 16 heteroatoms. The Kier molecular flexibility index (Phi) is 8.07. The Morgan fingerprint density at radius 3 is 2.41 bits per heavy atom. The molecule has 1 aromatic heterocycles. The zero-order valence-corrected chi connectivity index (χ0v) is 17.1. The number of aromatic nitrogens is 3. The fourth-order valence-electron chi connectivity index (χ4n) is 2.99. The lowest BCUT2D eigenvalue weighted by Crippen LogP contribution is -2.42. The van der Waals surface area contributed by atoms with Crippen molar-refractivity contribution in [2.45, 2.75) is 38.1 Å². The summed E-state index contributed by atoms with van der Waals surface area (Å²) in [6.07, 6.45) is -4.82. The summed E-state index contributed by atoms with van der Waals surface area (Å²) in [4.78, 5) is 35.3. The van der Waals surface area contributed by atoms with Crippen LogP contribution in [0.15, 0.2) is 18.2 Å². The van der Waals surface area contributed by atoms with Gasteiger partial charge >= 0.3 is 14.0 Å². The van der Waals surface area contributed by atoms with Gasteiger partial charge in [0.2, 0.25) is 11.7 Å². The average Bonchev–Trinajstić information content (AvgIpc) is 3.06. The molecule has 1 aliphatic heterocycles. The summed E-state index contributed by atoms with van der Waals surface area (Å²) < 4.78 is 75.2. The molecule has 0 spiro atoms. The average molecular weight is 487 g/mol. The maximum atomic E-state index is 13.7. The first-order valence-electron chi connectivity index (χ1n) is 8.90. The SMILES string of the molecule is NC(CC(=O)N1CCn2c(nnc2C(F)(F)F)C1)Cc1cc(F)ccc1F.O=P(O)(O)O. The molecule has 32 heavy (non-hydrogen) atoms. The predicted octanol–water partition coefficient (Wildman–Crippen LogP) is 0.949. The van der Waals surface area contributed by atoms with E-state index in [0.29, 0.717) is 0 Å². The zero-order chi connectivity index (χ0) is 24.3. The number of benzene rings is 1. The number of phosphoric acid groups is 1. The number of halogens is 5. The topological polar surface area (TPSA) is 155 Å². The minimum Gasteiger partial charge on any atom is -0.333 e. The third kappa shape index (κ3) is 7.60. The molecule has 0 fully saturated rings. The lowest BCUT2D eigenvalue weighted by molar-refractivity contribution is -0.148. The molecule has 178 valence electrons. The highest BCUT2D eigenvalue weighted by Gasteiger charge is 2.39. The summed E-state index contributed by atoms with van der Waals surface area (Å²) in [5, 5.41) is 6.65. The van der Waals surface area contributed by atoms with Crippen LogP contribution in [-0.2, 0) is 35.0 Å². The summed E-state index contributed by atoms with van der Waals surface area (Å²) in [5.74, 6) is -2.69. The fraction of sp³-hybridized carbons (Fsp3) is 0.438. The summed E-state index contributed by atoms with van der Waals surface area (Å²) in [6.45, 7) is -0.159. The highest BCUT2D eigenvalue weighted by Crippen LogP contribution is 2.29. The first-order chi connectivity index (χ1) is 14.6. The molecule has 0 saturated heterocycles. The molecule has 0 bridgehead atoms. The van der Waals surface area contributed by atoms with Gasteiger partial charge in [0.05, 0.1) is 6.54 Å². The van der Waals surface area contributed by atoms with Gasteiger partial charge in [0.25, 0.3) is 0 Å². The van der Waals surface area contributed by atoms with Gasteiger partial charge in [0, 0.05) is 25.6 Å². The Labute approximate surface area is 177 Å². The molecule has 10 nitrogen and oxygen atoms in total. The van der Waals surface area contributed by atoms with E-state index < -0.39 is 43.4 Å². The van der Waals surface area contributed by atoms with Crippen LogP contribution in [0.5, 0.6) is 0 Å². The Morgan fingerprint density at radius 2 is 1.81 bits per heavy atom.